The largest absolute Gasteiger partial charge is 0.394 e. The number of nitrogens with one attached hydrogen (secondary N) is 3. The van der Waals surface area contributed by atoms with E-state index < -0.39 is 118 Å². The molecule has 23 nitrogen and oxygen atoms in total. The molecule has 3 fully saturated rings. The smallest absolute Gasteiger partial charge is 0.234 e. The van der Waals surface area contributed by atoms with E-state index in [2.05, 4.69) is 16.2 Å². The highest BCUT2D eigenvalue weighted by Gasteiger charge is 2.52. The summed E-state index contributed by atoms with van der Waals surface area (Å²) in [7, 11) is 0. The van der Waals surface area contributed by atoms with Gasteiger partial charge in [-0.15, -0.1) is 0 Å². The number of ether oxygens (including phenoxy) is 6. The van der Waals surface area contributed by atoms with Gasteiger partial charge in [0.15, 0.2) is 18.9 Å². The topological polar surface area (TPSA) is 371 Å². The van der Waals surface area contributed by atoms with Crippen LogP contribution in [0.2, 0.25) is 0 Å². The van der Waals surface area contributed by atoms with E-state index in [0.717, 1.165) is 12.8 Å². The molecule has 2 amide bonds. The average molecular weight is 831 g/mol. The van der Waals surface area contributed by atoms with Crippen LogP contribution in [0.15, 0.2) is 0 Å². The van der Waals surface area contributed by atoms with Gasteiger partial charge >= 0.3 is 0 Å². The average Bonchev–Trinajstić information content (AvgIpc) is 3.19. The number of hydrogen-bond acceptors (Lipinski definition) is 21. The summed E-state index contributed by atoms with van der Waals surface area (Å²) in [6.07, 6.45) is -21.3. The van der Waals surface area contributed by atoms with Crippen LogP contribution in [0.1, 0.15) is 58.3 Å². The predicted octanol–water partition coefficient (Wildman–Crippen LogP) is -6.77. The van der Waals surface area contributed by atoms with E-state index in [-0.39, 0.29) is 43.6 Å². The predicted molar refractivity (Wildman–Crippen MR) is 190 cm³/mol. The summed E-state index contributed by atoms with van der Waals surface area (Å²) in [5.41, 5.74) is 10.8. The second-order valence-corrected chi connectivity index (χ2v) is 14.3. The number of hydrazine groups is 1. The van der Waals surface area contributed by atoms with Crippen LogP contribution in [0, 0.1) is 0 Å². The van der Waals surface area contributed by atoms with Gasteiger partial charge in [0.1, 0.15) is 79.0 Å². The number of aliphatic hydroxyl groups excluding tert-OH is 10. The van der Waals surface area contributed by atoms with Crippen molar-refractivity contribution in [1.82, 2.24) is 16.2 Å². The third-order valence-corrected chi connectivity index (χ3v) is 9.89. The lowest BCUT2D eigenvalue weighted by Gasteiger charge is -2.46. The van der Waals surface area contributed by atoms with Crippen molar-refractivity contribution in [2.45, 2.75) is 156 Å². The second-order valence-electron chi connectivity index (χ2n) is 14.3. The highest BCUT2D eigenvalue weighted by Crippen LogP contribution is 2.31. The molecule has 0 aromatic rings. The van der Waals surface area contributed by atoms with Gasteiger partial charge in [-0.25, -0.2) is 5.43 Å². The zero-order valence-corrected chi connectivity index (χ0v) is 31.9. The molecule has 3 aliphatic heterocycles. The maximum absolute atomic E-state index is 12.4. The first kappa shape index (κ1) is 49.3. The third-order valence-electron chi connectivity index (χ3n) is 9.89. The van der Waals surface area contributed by atoms with E-state index >= 15 is 0 Å². The standard InChI is InChI=1S/C34H62N4O19/c1-16(41)17(7-5-6-10-35)37-38-22(43)9-4-2-3-8-21(42)36-11-12-52-33-30(51)31(57-34-29(50)27(48)24(45)19(14-40)55-34)25(46)20(56-33)15-53-32-28(49)26(47)23(44)18(13-39)54-32/h17-20,23-34,37,39-40,44-51H,2-15,35H2,1H3,(H,36,42)(H,38,43)/t17-,18+,19+,20+,23+,24+,25+,26-,27-,28-,29-,30-,31-,32-,33+,34+/m0/s1. The van der Waals surface area contributed by atoms with Crippen LogP contribution in [-0.4, -0.2) is 206 Å². The molecule has 57 heavy (non-hydrogen) atoms. The zero-order chi connectivity index (χ0) is 42.2. The SMILES string of the molecule is CC(=O)[C@H](CCCCN)NNC(=O)CCCCCC(=O)NCCO[C@@H]1O[C@H](CO[C@H]2O[C@H](CO)[C@@H](O)[C@H](O)[C@@H]2O)[C@@H](O)[C@H](O[C@H]2O[C@H](CO)[C@@H](O)[C@H](O)[C@@H]2O)[C@@H]1O. The Balaban J connectivity index is 1.50. The molecule has 0 aliphatic carbocycles. The Morgan fingerprint density at radius 2 is 1.21 bits per heavy atom. The first-order valence-corrected chi connectivity index (χ1v) is 19.2. The summed E-state index contributed by atoms with van der Waals surface area (Å²) in [6, 6.07) is -0.500. The highest BCUT2D eigenvalue weighted by molar-refractivity contribution is 5.82. The van der Waals surface area contributed by atoms with Crippen molar-refractivity contribution in [2.75, 3.05) is 39.5 Å². The van der Waals surface area contributed by atoms with Gasteiger partial charge in [0.2, 0.25) is 11.8 Å². The summed E-state index contributed by atoms with van der Waals surface area (Å²) in [4.78, 5) is 36.4. The molecule has 0 unspecified atom stereocenters. The molecule has 3 heterocycles. The molecule has 0 saturated carbocycles. The van der Waals surface area contributed by atoms with Gasteiger partial charge in [-0.05, 0) is 39.2 Å². The van der Waals surface area contributed by atoms with E-state index in [4.69, 9.17) is 34.2 Å². The Morgan fingerprint density at radius 1 is 0.649 bits per heavy atom. The Morgan fingerprint density at radius 3 is 1.81 bits per heavy atom. The van der Waals surface area contributed by atoms with Crippen molar-refractivity contribution in [3.63, 3.8) is 0 Å². The fourth-order valence-corrected chi connectivity index (χ4v) is 6.37. The van der Waals surface area contributed by atoms with Crippen molar-refractivity contribution in [3.05, 3.63) is 0 Å². The Hall–Kier alpha value is -2.11. The van der Waals surface area contributed by atoms with E-state index in [1.807, 2.05) is 0 Å². The number of amides is 2. The van der Waals surface area contributed by atoms with Crippen molar-refractivity contribution >= 4 is 17.6 Å². The number of hydrogen-bond donors (Lipinski definition) is 14. The minimum Gasteiger partial charge on any atom is -0.394 e. The number of Topliss-reactive ketones (excluding diaryl/α,β-unsaturated/α-hetero) is 1. The molecule has 3 saturated heterocycles. The van der Waals surface area contributed by atoms with E-state index in [1.165, 1.54) is 6.92 Å². The molecule has 332 valence electrons. The number of ketones is 1. The first-order valence-electron chi connectivity index (χ1n) is 19.2. The van der Waals surface area contributed by atoms with E-state index in [1.54, 1.807) is 0 Å². The Bertz CT molecular complexity index is 1210. The summed E-state index contributed by atoms with van der Waals surface area (Å²) >= 11 is 0. The van der Waals surface area contributed by atoms with Crippen molar-refractivity contribution < 1.29 is 93.9 Å². The zero-order valence-electron chi connectivity index (χ0n) is 31.9. The van der Waals surface area contributed by atoms with Gasteiger partial charge in [0.25, 0.3) is 0 Å². The van der Waals surface area contributed by atoms with Gasteiger partial charge in [-0.1, -0.05) is 12.8 Å². The number of unbranched alkanes of at least 4 members (excludes halogenated alkanes) is 3. The van der Waals surface area contributed by atoms with Crippen LogP contribution in [0.5, 0.6) is 0 Å². The monoisotopic (exact) mass is 830 g/mol. The number of aliphatic hydroxyl groups is 10. The minimum absolute atomic E-state index is 0.0606. The maximum atomic E-state index is 12.4. The van der Waals surface area contributed by atoms with Gasteiger partial charge in [-0.2, -0.15) is 0 Å². The van der Waals surface area contributed by atoms with Crippen LogP contribution in [0.3, 0.4) is 0 Å². The van der Waals surface area contributed by atoms with E-state index in [9.17, 15) is 65.4 Å². The van der Waals surface area contributed by atoms with Gasteiger partial charge in [0.05, 0.1) is 32.5 Å². The summed E-state index contributed by atoms with van der Waals surface area (Å²) in [5, 5.41) is 105. The van der Waals surface area contributed by atoms with E-state index in [0.29, 0.717) is 32.2 Å². The molecule has 0 aromatic carbocycles. The molecule has 16 atom stereocenters. The van der Waals surface area contributed by atoms with Crippen LogP contribution in [0.4, 0.5) is 0 Å². The molecule has 23 heteroatoms. The molecule has 0 spiro atoms. The summed E-state index contributed by atoms with van der Waals surface area (Å²) in [5.74, 6) is -0.717. The molecule has 15 N–H and O–H groups in total. The van der Waals surface area contributed by atoms with Crippen molar-refractivity contribution in [2.24, 2.45) is 5.73 Å². The second kappa shape index (κ2) is 24.8. The third kappa shape index (κ3) is 14.5. The minimum atomic E-state index is -1.90. The van der Waals surface area contributed by atoms with Crippen LogP contribution >= 0.6 is 0 Å². The van der Waals surface area contributed by atoms with Crippen LogP contribution in [0.25, 0.3) is 0 Å². The summed E-state index contributed by atoms with van der Waals surface area (Å²) < 4.78 is 33.2. The lowest BCUT2D eigenvalue weighted by atomic mass is 9.96. The normalized spacial score (nSPS) is 36.4. The fraction of sp³-hybridized carbons (Fsp3) is 0.912. The highest BCUT2D eigenvalue weighted by atomic mass is 16.7. The number of carbonyl (C=O) groups is 3. The molecule has 0 bridgehead atoms. The van der Waals surface area contributed by atoms with Crippen molar-refractivity contribution in [3.8, 4) is 0 Å². The molecular weight excluding hydrogens is 768 g/mol. The van der Waals surface area contributed by atoms with Gasteiger partial charge < -0.3 is 90.5 Å². The number of nitrogens with two attached hydrogens (primary N) is 1. The molecular formula is C34H62N4O19. The van der Waals surface area contributed by atoms with Crippen molar-refractivity contribution in [1.29, 1.82) is 0 Å². The number of rotatable bonds is 24. The lowest BCUT2D eigenvalue weighted by molar-refractivity contribution is -0.366. The van der Waals surface area contributed by atoms with Crippen LogP contribution in [-0.2, 0) is 42.8 Å². The summed E-state index contributed by atoms with van der Waals surface area (Å²) in [6.45, 7) is -0.499. The molecule has 0 radical (unpaired) electrons. The number of carbonyl (C=O) groups excluding carboxylic acids is 3. The maximum Gasteiger partial charge on any atom is 0.234 e. The lowest BCUT2D eigenvalue weighted by Crippen LogP contribution is -2.65. The quantitative estimate of drug-likeness (QED) is 0.0317. The Kier molecular flexibility index (Phi) is 21.5. The van der Waals surface area contributed by atoms with Gasteiger partial charge in [-0.3, -0.25) is 19.8 Å². The Labute approximate surface area is 329 Å². The molecule has 3 rings (SSSR count). The molecule has 3 aliphatic rings. The molecule has 0 aromatic heterocycles. The van der Waals surface area contributed by atoms with Gasteiger partial charge in [0, 0.05) is 19.4 Å². The first-order chi connectivity index (χ1) is 27.1. The van der Waals surface area contributed by atoms with Crippen LogP contribution < -0.4 is 21.9 Å². The fourth-order valence-electron chi connectivity index (χ4n) is 6.37.